The second-order valence-electron chi connectivity index (χ2n) is 6.96. The number of hydrogen-bond donors (Lipinski definition) is 0. The first-order chi connectivity index (χ1) is 13.2. The Labute approximate surface area is 161 Å². The fourth-order valence-electron chi connectivity index (χ4n) is 3.62. The number of methoxy groups -OCH3 is 2. The van der Waals surface area contributed by atoms with Gasteiger partial charge in [0.05, 0.1) is 20.3 Å². The number of tetrazole rings is 1. The number of rotatable bonds is 8. The number of piperazine rings is 1. The molecule has 1 unspecified atom stereocenters. The third kappa shape index (κ3) is 4.56. The molecular formula is C19H30N6O2. The molecule has 1 saturated heterocycles. The molecule has 1 fully saturated rings. The Morgan fingerprint density at radius 3 is 2.48 bits per heavy atom. The van der Waals surface area contributed by atoms with Crippen LogP contribution in [0.5, 0.6) is 11.5 Å². The Kier molecular flexibility index (Phi) is 6.63. The van der Waals surface area contributed by atoms with Crippen molar-refractivity contribution in [1.82, 2.24) is 30.0 Å². The lowest BCUT2D eigenvalue weighted by Gasteiger charge is -2.36. The molecule has 0 aliphatic carbocycles. The maximum absolute atomic E-state index is 5.40. The Hall–Kier alpha value is -2.19. The van der Waals surface area contributed by atoms with Crippen molar-refractivity contribution in [3.05, 3.63) is 29.6 Å². The summed E-state index contributed by atoms with van der Waals surface area (Å²) in [5.74, 6) is 2.45. The van der Waals surface area contributed by atoms with Gasteiger partial charge in [0.15, 0.2) is 17.3 Å². The van der Waals surface area contributed by atoms with Gasteiger partial charge in [-0.2, -0.15) is 0 Å². The number of aryl methyl sites for hydroxylation is 2. The third-order valence-electron chi connectivity index (χ3n) is 5.28. The highest BCUT2D eigenvalue weighted by Crippen LogP contribution is 2.28. The third-order valence-corrected chi connectivity index (χ3v) is 5.28. The maximum atomic E-state index is 5.40. The highest BCUT2D eigenvalue weighted by atomic mass is 16.5. The van der Waals surface area contributed by atoms with E-state index in [9.17, 15) is 0 Å². The van der Waals surface area contributed by atoms with Gasteiger partial charge in [-0.05, 0) is 48.0 Å². The lowest BCUT2D eigenvalue weighted by molar-refractivity contribution is 0.102. The van der Waals surface area contributed by atoms with Crippen molar-refractivity contribution in [1.29, 1.82) is 0 Å². The fourth-order valence-corrected chi connectivity index (χ4v) is 3.62. The van der Waals surface area contributed by atoms with Gasteiger partial charge in [-0.1, -0.05) is 13.0 Å². The second kappa shape index (κ2) is 9.14. The molecule has 27 heavy (non-hydrogen) atoms. The summed E-state index contributed by atoms with van der Waals surface area (Å²) in [6.45, 7) is 7.22. The lowest BCUT2D eigenvalue weighted by Crippen LogP contribution is -2.46. The molecule has 0 N–H and O–H groups in total. The van der Waals surface area contributed by atoms with E-state index in [1.165, 1.54) is 5.56 Å². The summed E-state index contributed by atoms with van der Waals surface area (Å²) in [6, 6.07) is 6.27. The minimum atomic E-state index is 0.263. The maximum Gasteiger partial charge on any atom is 0.168 e. The summed E-state index contributed by atoms with van der Waals surface area (Å²) in [5, 5.41) is 12.6. The molecule has 2 heterocycles. The van der Waals surface area contributed by atoms with E-state index in [4.69, 9.17) is 9.47 Å². The standard InChI is InChI=1S/C19H30N6O2/c1-5-16(24-12-10-23(2)11-13-24)19-20-21-22-25(19)9-8-15-6-7-17(26-3)18(14-15)27-4/h6-7,14,16H,5,8-13H2,1-4H3. The van der Waals surface area contributed by atoms with E-state index in [2.05, 4.69) is 45.4 Å². The quantitative estimate of drug-likeness (QED) is 0.696. The van der Waals surface area contributed by atoms with Crippen LogP contribution in [0, 0.1) is 0 Å². The zero-order chi connectivity index (χ0) is 19.2. The Bertz CT molecular complexity index is 727. The van der Waals surface area contributed by atoms with Crippen LogP contribution in [-0.2, 0) is 13.0 Å². The molecule has 1 aromatic carbocycles. The van der Waals surface area contributed by atoms with Crippen molar-refractivity contribution in [2.45, 2.75) is 32.4 Å². The van der Waals surface area contributed by atoms with Crippen LogP contribution in [0.2, 0.25) is 0 Å². The van der Waals surface area contributed by atoms with Gasteiger partial charge >= 0.3 is 0 Å². The molecule has 1 aliphatic rings. The van der Waals surface area contributed by atoms with E-state index in [-0.39, 0.29) is 6.04 Å². The largest absolute Gasteiger partial charge is 0.493 e. The molecule has 148 valence electrons. The van der Waals surface area contributed by atoms with Crippen molar-refractivity contribution in [3.63, 3.8) is 0 Å². The molecule has 2 aromatic rings. The van der Waals surface area contributed by atoms with E-state index >= 15 is 0 Å². The summed E-state index contributed by atoms with van der Waals surface area (Å²) in [4.78, 5) is 4.86. The van der Waals surface area contributed by atoms with Gasteiger partial charge in [0.25, 0.3) is 0 Å². The van der Waals surface area contributed by atoms with Crippen molar-refractivity contribution < 1.29 is 9.47 Å². The number of aromatic nitrogens is 4. The summed E-state index contributed by atoms with van der Waals surface area (Å²) >= 11 is 0. The summed E-state index contributed by atoms with van der Waals surface area (Å²) in [6.07, 6.45) is 1.83. The Balaban J connectivity index is 1.69. The van der Waals surface area contributed by atoms with Crippen molar-refractivity contribution in [3.8, 4) is 11.5 Å². The monoisotopic (exact) mass is 374 g/mol. The zero-order valence-corrected chi connectivity index (χ0v) is 16.8. The van der Waals surface area contributed by atoms with Crippen LogP contribution < -0.4 is 9.47 Å². The molecule has 3 rings (SSSR count). The van der Waals surface area contributed by atoms with E-state index < -0.39 is 0 Å². The average molecular weight is 374 g/mol. The predicted octanol–water partition coefficient (Wildman–Crippen LogP) is 1.63. The van der Waals surface area contributed by atoms with E-state index in [0.29, 0.717) is 0 Å². The number of hydrogen-bond acceptors (Lipinski definition) is 7. The van der Waals surface area contributed by atoms with Gasteiger partial charge in [0.1, 0.15) is 0 Å². The zero-order valence-electron chi connectivity index (χ0n) is 16.8. The molecule has 8 nitrogen and oxygen atoms in total. The summed E-state index contributed by atoms with van der Waals surface area (Å²) < 4.78 is 12.7. The molecule has 0 bridgehead atoms. The van der Waals surface area contributed by atoms with E-state index in [1.54, 1.807) is 14.2 Å². The van der Waals surface area contributed by atoms with Gasteiger partial charge in [-0.3, -0.25) is 4.90 Å². The van der Waals surface area contributed by atoms with E-state index in [1.807, 2.05) is 16.8 Å². The molecule has 1 aromatic heterocycles. The van der Waals surface area contributed by atoms with Crippen LogP contribution in [0.4, 0.5) is 0 Å². The van der Waals surface area contributed by atoms with Crippen LogP contribution >= 0.6 is 0 Å². The smallest absolute Gasteiger partial charge is 0.168 e. The molecule has 0 radical (unpaired) electrons. The van der Waals surface area contributed by atoms with Crippen molar-refractivity contribution in [2.24, 2.45) is 0 Å². The molecule has 1 atom stereocenters. The van der Waals surface area contributed by atoms with Gasteiger partial charge in [0, 0.05) is 32.7 Å². The molecule has 8 heteroatoms. The van der Waals surface area contributed by atoms with Crippen LogP contribution in [0.15, 0.2) is 18.2 Å². The predicted molar refractivity (Wildman–Crippen MR) is 103 cm³/mol. The lowest BCUT2D eigenvalue weighted by atomic mass is 10.1. The van der Waals surface area contributed by atoms with Gasteiger partial charge in [-0.25, -0.2) is 4.68 Å². The minimum Gasteiger partial charge on any atom is -0.493 e. The summed E-state index contributed by atoms with van der Waals surface area (Å²) in [5.41, 5.74) is 1.17. The normalized spacial score (nSPS) is 17.0. The van der Waals surface area contributed by atoms with Crippen LogP contribution in [-0.4, -0.2) is 77.5 Å². The van der Waals surface area contributed by atoms with Crippen molar-refractivity contribution >= 4 is 0 Å². The first-order valence-electron chi connectivity index (χ1n) is 9.55. The average Bonchev–Trinajstić information content (AvgIpc) is 3.16. The van der Waals surface area contributed by atoms with Crippen molar-refractivity contribution in [2.75, 3.05) is 47.4 Å². The summed E-state index contributed by atoms with van der Waals surface area (Å²) in [7, 11) is 5.47. The number of benzene rings is 1. The Morgan fingerprint density at radius 1 is 1.07 bits per heavy atom. The Morgan fingerprint density at radius 2 is 1.81 bits per heavy atom. The molecule has 0 saturated carbocycles. The number of nitrogens with zero attached hydrogens (tertiary/aromatic N) is 6. The van der Waals surface area contributed by atoms with Crippen LogP contribution in [0.25, 0.3) is 0 Å². The second-order valence-corrected chi connectivity index (χ2v) is 6.96. The molecule has 0 amide bonds. The molecule has 0 spiro atoms. The molecular weight excluding hydrogens is 344 g/mol. The van der Waals surface area contributed by atoms with Gasteiger partial charge in [-0.15, -0.1) is 5.10 Å². The highest BCUT2D eigenvalue weighted by Gasteiger charge is 2.26. The van der Waals surface area contributed by atoms with Crippen LogP contribution in [0.3, 0.4) is 0 Å². The van der Waals surface area contributed by atoms with Crippen LogP contribution in [0.1, 0.15) is 30.8 Å². The first kappa shape index (κ1) is 19.6. The fraction of sp³-hybridized carbons (Fsp3) is 0.632. The highest BCUT2D eigenvalue weighted by molar-refractivity contribution is 5.42. The minimum absolute atomic E-state index is 0.263. The number of ether oxygens (including phenoxy) is 2. The molecule has 1 aliphatic heterocycles. The van der Waals surface area contributed by atoms with Gasteiger partial charge < -0.3 is 14.4 Å². The topological polar surface area (TPSA) is 68.5 Å². The SMILES string of the molecule is CCC(c1nnnn1CCc1ccc(OC)c(OC)c1)N1CCN(C)CC1. The number of likely N-dealkylation sites (N-methyl/N-ethyl adjacent to an activating group) is 1. The van der Waals surface area contributed by atoms with E-state index in [0.717, 1.165) is 62.9 Å². The first-order valence-corrected chi connectivity index (χ1v) is 9.55. The van der Waals surface area contributed by atoms with Gasteiger partial charge in [0.2, 0.25) is 0 Å².